The summed E-state index contributed by atoms with van der Waals surface area (Å²) >= 11 is 3.15. The molecule has 2 fully saturated rings. The fourth-order valence-electron chi connectivity index (χ4n) is 2.28. The molecule has 5 unspecified atom stereocenters. The van der Waals surface area contributed by atoms with Crippen molar-refractivity contribution in [2.75, 3.05) is 13.2 Å². The summed E-state index contributed by atoms with van der Waals surface area (Å²) in [5, 5.41) is 11.2. The number of aliphatic hydroxyl groups excluding tert-OH is 1. The molecule has 2 aliphatic heterocycles. The maximum atomic E-state index is 13.6. The molecule has 0 spiro atoms. The molecule has 114 valence electrons. The maximum Gasteiger partial charge on any atom is 0.328 e. The van der Waals surface area contributed by atoms with Gasteiger partial charge in [0, 0.05) is 13.0 Å². The van der Waals surface area contributed by atoms with Crippen LogP contribution in [0, 0.1) is 0 Å². The molecule has 0 saturated carbocycles. The number of amides is 3. The van der Waals surface area contributed by atoms with Crippen LogP contribution in [0.3, 0.4) is 0 Å². The zero-order valence-electron chi connectivity index (χ0n) is 10.8. The monoisotopic (exact) mass is 354 g/mol. The second-order valence-corrected chi connectivity index (χ2v) is 5.50. The number of halogens is 2. The van der Waals surface area contributed by atoms with Gasteiger partial charge in [0.15, 0.2) is 6.23 Å². The topological polar surface area (TPSA) is 88.1 Å². The number of rotatable bonds is 4. The summed E-state index contributed by atoms with van der Waals surface area (Å²) in [5.41, 5.74) is 0. The normalized spacial score (nSPS) is 38.2. The van der Waals surface area contributed by atoms with E-state index in [1.165, 1.54) is 0 Å². The van der Waals surface area contributed by atoms with Crippen molar-refractivity contribution in [3.8, 4) is 0 Å². The molecule has 0 bridgehead atoms. The third-order valence-corrected chi connectivity index (χ3v) is 4.10. The van der Waals surface area contributed by atoms with E-state index in [2.05, 4.69) is 21.2 Å². The Kier molecular flexibility index (Phi) is 4.95. The Morgan fingerprint density at radius 3 is 2.85 bits per heavy atom. The Bertz CT molecular complexity index is 399. The fourth-order valence-corrected chi connectivity index (χ4v) is 2.80. The highest BCUT2D eigenvalue weighted by Gasteiger charge is 2.48. The van der Waals surface area contributed by atoms with E-state index in [0.717, 1.165) is 4.90 Å². The van der Waals surface area contributed by atoms with Crippen molar-refractivity contribution in [2.24, 2.45) is 0 Å². The van der Waals surface area contributed by atoms with Crippen molar-refractivity contribution in [2.45, 2.75) is 42.9 Å². The molecule has 2 aliphatic rings. The molecule has 2 heterocycles. The SMILES string of the molecule is CCOC1C(Br)C(=O)NC(=O)N1C1CC(F)C(CO)O1. The Labute approximate surface area is 123 Å². The summed E-state index contributed by atoms with van der Waals surface area (Å²) in [4.78, 5) is 23.9. The van der Waals surface area contributed by atoms with Gasteiger partial charge in [-0.05, 0) is 6.92 Å². The summed E-state index contributed by atoms with van der Waals surface area (Å²) in [5.74, 6) is -0.516. The van der Waals surface area contributed by atoms with Gasteiger partial charge in [-0.3, -0.25) is 15.0 Å². The zero-order valence-corrected chi connectivity index (χ0v) is 12.4. The number of aliphatic hydroxyl groups is 1. The average molecular weight is 355 g/mol. The van der Waals surface area contributed by atoms with Crippen LogP contribution in [-0.4, -0.2) is 64.7 Å². The van der Waals surface area contributed by atoms with Crippen molar-refractivity contribution in [3.05, 3.63) is 0 Å². The lowest BCUT2D eigenvalue weighted by Crippen LogP contribution is -2.64. The second-order valence-electron chi connectivity index (χ2n) is 4.51. The highest BCUT2D eigenvalue weighted by molar-refractivity contribution is 9.10. The van der Waals surface area contributed by atoms with Gasteiger partial charge in [-0.15, -0.1) is 0 Å². The van der Waals surface area contributed by atoms with Crippen molar-refractivity contribution in [1.82, 2.24) is 10.2 Å². The number of nitrogens with one attached hydrogen (secondary N) is 1. The first-order valence-electron chi connectivity index (χ1n) is 6.28. The van der Waals surface area contributed by atoms with Gasteiger partial charge in [-0.2, -0.15) is 0 Å². The van der Waals surface area contributed by atoms with E-state index in [9.17, 15) is 14.0 Å². The smallest absolute Gasteiger partial charge is 0.328 e. The number of carbonyl (C=O) groups excluding carboxylic acids is 2. The third-order valence-electron chi connectivity index (χ3n) is 3.23. The molecule has 0 aromatic heterocycles. The molecule has 0 radical (unpaired) electrons. The first kappa shape index (κ1) is 15.6. The number of imide groups is 1. The number of carbonyl (C=O) groups is 2. The van der Waals surface area contributed by atoms with Crippen LogP contribution in [-0.2, 0) is 14.3 Å². The van der Waals surface area contributed by atoms with Gasteiger partial charge in [0.05, 0.1) is 6.61 Å². The average Bonchev–Trinajstić information content (AvgIpc) is 2.76. The summed E-state index contributed by atoms with van der Waals surface area (Å²) in [6.45, 7) is 1.53. The van der Waals surface area contributed by atoms with Gasteiger partial charge >= 0.3 is 6.03 Å². The number of nitrogens with zero attached hydrogens (tertiary/aromatic N) is 1. The number of alkyl halides is 2. The van der Waals surface area contributed by atoms with Gasteiger partial charge in [-0.25, -0.2) is 9.18 Å². The van der Waals surface area contributed by atoms with Crippen LogP contribution in [0.25, 0.3) is 0 Å². The standard InChI is InChI=1S/C11H16BrFN2O5/c1-2-19-10-8(12)9(17)14-11(18)15(10)7-3-5(13)6(4-16)20-7/h5-8,10,16H,2-4H2,1H3,(H,14,17,18). The predicted molar refractivity (Wildman–Crippen MR) is 68.8 cm³/mol. The number of ether oxygens (including phenoxy) is 2. The lowest BCUT2D eigenvalue weighted by Gasteiger charge is -2.40. The van der Waals surface area contributed by atoms with Crippen LogP contribution in [0.5, 0.6) is 0 Å². The summed E-state index contributed by atoms with van der Waals surface area (Å²) in [6, 6.07) is -0.695. The predicted octanol–water partition coefficient (Wildman–Crippen LogP) is 0.110. The van der Waals surface area contributed by atoms with E-state index in [-0.39, 0.29) is 13.0 Å². The third kappa shape index (κ3) is 2.80. The van der Waals surface area contributed by atoms with E-state index < -0.39 is 48.1 Å². The minimum atomic E-state index is -1.37. The summed E-state index contributed by atoms with van der Waals surface area (Å²) in [6.07, 6.45) is -4.17. The largest absolute Gasteiger partial charge is 0.394 e. The summed E-state index contributed by atoms with van der Waals surface area (Å²) in [7, 11) is 0. The first-order valence-corrected chi connectivity index (χ1v) is 7.20. The molecule has 2 rings (SSSR count). The number of hydrogen-bond donors (Lipinski definition) is 2. The molecule has 9 heteroatoms. The number of hydrogen-bond acceptors (Lipinski definition) is 5. The van der Waals surface area contributed by atoms with Crippen LogP contribution in [0.4, 0.5) is 9.18 Å². The molecule has 7 nitrogen and oxygen atoms in total. The minimum Gasteiger partial charge on any atom is -0.394 e. The van der Waals surface area contributed by atoms with E-state index in [1.54, 1.807) is 6.92 Å². The Hall–Kier alpha value is -0.770. The van der Waals surface area contributed by atoms with Crippen LogP contribution in [0.2, 0.25) is 0 Å². The van der Waals surface area contributed by atoms with Crippen molar-refractivity contribution < 1.29 is 28.6 Å². The maximum absolute atomic E-state index is 13.6. The van der Waals surface area contributed by atoms with Gasteiger partial charge in [-0.1, -0.05) is 15.9 Å². The van der Waals surface area contributed by atoms with E-state index >= 15 is 0 Å². The molecule has 20 heavy (non-hydrogen) atoms. The first-order chi connectivity index (χ1) is 9.49. The highest BCUT2D eigenvalue weighted by Crippen LogP contribution is 2.30. The molecule has 5 atom stereocenters. The highest BCUT2D eigenvalue weighted by atomic mass is 79.9. The Morgan fingerprint density at radius 1 is 1.60 bits per heavy atom. The van der Waals surface area contributed by atoms with E-state index in [4.69, 9.17) is 14.6 Å². The number of urea groups is 1. The van der Waals surface area contributed by atoms with E-state index in [0.29, 0.717) is 0 Å². The minimum absolute atomic E-state index is 0.0733. The van der Waals surface area contributed by atoms with Crippen molar-refractivity contribution in [1.29, 1.82) is 0 Å². The van der Waals surface area contributed by atoms with Gasteiger partial charge in [0.2, 0.25) is 5.91 Å². The van der Waals surface area contributed by atoms with E-state index in [1.807, 2.05) is 0 Å². The molecule has 2 saturated heterocycles. The van der Waals surface area contributed by atoms with Crippen molar-refractivity contribution in [3.63, 3.8) is 0 Å². The zero-order chi connectivity index (χ0) is 14.9. The molecular weight excluding hydrogens is 339 g/mol. The van der Waals surface area contributed by atoms with Crippen molar-refractivity contribution >= 4 is 27.9 Å². The van der Waals surface area contributed by atoms with Gasteiger partial charge in [0.1, 0.15) is 23.3 Å². The van der Waals surface area contributed by atoms with Crippen LogP contribution >= 0.6 is 15.9 Å². The lowest BCUT2D eigenvalue weighted by molar-refractivity contribution is -0.148. The molecule has 3 amide bonds. The molecule has 0 aromatic rings. The second kappa shape index (κ2) is 6.33. The quantitative estimate of drug-likeness (QED) is 0.699. The van der Waals surface area contributed by atoms with Crippen LogP contribution in [0.1, 0.15) is 13.3 Å². The molecular formula is C11H16BrFN2O5. The fraction of sp³-hybridized carbons (Fsp3) is 0.818. The Balaban J connectivity index is 2.18. The Morgan fingerprint density at radius 2 is 2.30 bits per heavy atom. The summed E-state index contributed by atoms with van der Waals surface area (Å²) < 4.78 is 24.4. The molecule has 0 aliphatic carbocycles. The van der Waals surface area contributed by atoms with Crippen LogP contribution in [0.15, 0.2) is 0 Å². The lowest BCUT2D eigenvalue weighted by atomic mass is 10.2. The van der Waals surface area contributed by atoms with Crippen LogP contribution < -0.4 is 5.32 Å². The molecule has 2 N–H and O–H groups in total. The molecule has 0 aromatic carbocycles. The van der Waals surface area contributed by atoms with Gasteiger partial charge in [0.25, 0.3) is 0 Å². The van der Waals surface area contributed by atoms with Gasteiger partial charge < -0.3 is 14.6 Å².